The largest absolute Gasteiger partial charge is 0.466 e. The van der Waals surface area contributed by atoms with Gasteiger partial charge < -0.3 is 15.2 Å². The molecule has 0 spiro atoms. The van der Waals surface area contributed by atoms with E-state index in [0.717, 1.165) is 25.7 Å². The summed E-state index contributed by atoms with van der Waals surface area (Å²) in [5.41, 5.74) is 0. The van der Waals surface area contributed by atoms with E-state index in [1.807, 2.05) is 6.92 Å². The Morgan fingerprint density at radius 1 is 1.40 bits per heavy atom. The van der Waals surface area contributed by atoms with Gasteiger partial charge in [0.05, 0.1) is 19.1 Å². The lowest BCUT2D eigenvalue weighted by Crippen LogP contribution is -2.36. The molecule has 0 aromatic carbocycles. The zero-order valence-corrected chi connectivity index (χ0v) is 9.37. The van der Waals surface area contributed by atoms with Crippen molar-refractivity contribution in [3.63, 3.8) is 0 Å². The number of aliphatic hydroxyl groups is 1. The van der Waals surface area contributed by atoms with Crippen LogP contribution in [0, 0.1) is 5.92 Å². The highest BCUT2D eigenvalue weighted by atomic mass is 16.5. The maximum absolute atomic E-state index is 11.4. The van der Waals surface area contributed by atoms with Gasteiger partial charge in [0.2, 0.25) is 0 Å². The van der Waals surface area contributed by atoms with Gasteiger partial charge in [-0.1, -0.05) is 0 Å². The van der Waals surface area contributed by atoms with Crippen molar-refractivity contribution in [3.8, 4) is 0 Å². The molecule has 0 aromatic rings. The Hall–Kier alpha value is -0.610. The van der Waals surface area contributed by atoms with E-state index in [-0.39, 0.29) is 18.5 Å². The predicted octanol–water partition coefficient (Wildman–Crippen LogP) is 0.690. The van der Waals surface area contributed by atoms with Crippen LogP contribution in [0.3, 0.4) is 0 Å². The van der Waals surface area contributed by atoms with E-state index in [9.17, 15) is 4.79 Å². The lowest BCUT2D eigenvalue weighted by Gasteiger charge is -2.27. The summed E-state index contributed by atoms with van der Waals surface area (Å²) in [6.45, 7) is 3.14. The van der Waals surface area contributed by atoms with Gasteiger partial charge in [0.25, 0.3) is 0 Å². The molecule has 4 nitrogen and oxygen atoms in total. The molecule has 0 aromatic heterocycles. The number of nitrogens with one attached hydrogen (secondary N) is 1. The monoisotopic (exact) mass is 215 g/mol. The minimum atomic E-state index is -0.0434. The van der Waals surface area contributed by atoms with Crippen molar-refractivity contribution in [3.05, 3.63) is 0 Å². The lowest BCUT2D eigenvalue weighted by molar-refractivity contribution is -0.149. The minimum Gasteiger partial charge on any atom is -0.466 e. The molecule has 15 heavy (non-hydrogen) atoms. The average Bonchev–Trinajstić information content (AvgIpc) is 2.27. The molecule has 0 heterocycles. The molecule has 0 radical (unpaired) electrons. The molecule has 0 amide bonds. The van der Waals surface area contributed by atoms with Gasteiger partial charge in [-0.2, -0.15) is 0 Å². The quantitative estimate of drug-likeness (QED) is 0.662. The van der Waals surface area contributed by atoms with Crippen molar-refractivity contribution >= 4 is 5.97 Å². The normalized spacial score (nSPS) is 26.3. The van der Waals surface area contributed by atoms with Crippen LogP contribution in [0.5, 0.6) is 0 Å². The smallest absolute Gasteiger partial charge is 0.308 e. The molecule has 1 aliphatic carbocycles. The zero-order chi connectivity index (χ0) is 11.1. The van der Waals surface area contributed by atoms with Crippen molar-refractivity contribution in [1.82, 2.24) is 5.32 Å². The van der Waals surface area contributed by atoms with Gasteiger partial charge in [-0.15, -0.1) is 0 Å². The summed E-state index contributed by atoms with van der Waals surface area (Å²) in [5, 5.41) is 11.9. The second-order valence-corrected chi connectivity index (χ2v) is 3.98. The molecular weight excluding hydrogens is 194 g/mol. The summed E-state index contributed by atoms with van der Waals surface area (Å²) in [7, 11) is 0. The number of rotatable bonds is 5. The van der Waals surface area contributed by atoms with Crippen molar-refractivity contribution < 1.29 is 14.6 Å². The minimum absolute atomic E-state index is 0.0434. The fourth-order valence-electron chi connectivity index (χ4n) is 2.06. The van der Waals surface area contributed by atoms with Gasteiger partial charge in [0.1, 0.15) is 0 Å². The predicted molar refractivity (Wildman–Crippen MR) is 57.5 cm³/mol. The van der Waals surface area contributed by atoms with E-state index >= 15 is 0 Å². The third-order valence-electron chi connectivity index (χ3n) is 2.89. The summed E-state index contributed by atoms with van der Waals surface area (Å²) in [5.74, 6) is 0.0511. The van der Waals surface area contributed by atoms with E-state index in [1.54, 1.807) is 0 Å². The fraction of sp³-hybridized carbons (Fsp3) is 0.909. The Bertz CT molecular complexity index is 188. The summed E-state index contributed by atoms with van der Waals surface area (Å²) < 4.78 is 5.00. The van der Waals surface area contributed by atoms with Crippen molar-refractivity contribution in [2.24, 2.45) is 5.92 Å². The second kappa shape index (κ2) is 6.80. The first-order valence-corrected chi connectivity index (χ1v) is 5.78. The van der Waals surface area contributed by atoms with Crippen LogP contribution in [0.15, 0.2) is 0 Å². The number of hydrogen-bond donors (Lipinski definition) is 2. The number of carbonyl (C=O) groups excluding carboxylic acids is 1. The Balaban J connectivity index is 2.20. The summed E-state index contributed by atoms with van der Waals surface area (Å²) in [6.07, 6.45) is 3.82. The average molecular weight is 215 g/mol. The number of esters is 1. The Morgan fingerprint density at radius 3 is 2.60 bits per heavy atom. The van der Waals surface area contributed by atoms with Crippen molar-refractivity contribution in [1.29, 1.82) is 0 Å². The van der Waals surface area contributed by atoms with E-state index in [2.05, 4.69) is 5.32 Å². The van der Waals surface area contributed by atoms with Crippen LogP contribution in [0.4, 0.5) is 0 Å². The first-order chi connectivity index (χ1) is 7.27. The van der Waals surface area contributed by atoms with Crippen molar-refractivity contribution in [2.45, 2.75) is 38.6 Å². The zero-order valence-electron chi connectivity index (χ0n) is 9.37. The molecule has 0 aliphatic heterocycles. The van der Waals surface area contributed by atoms with Crippen LogP contribution >= 0.6 is 0 Å². The topological polar surface area (TPSA) is 58.6 Å². The maximum atomic E-state index is 11.4. The molecule has 1 aliphatic rings. The highest BCUT2D eigenvalue weighted by molar-refractivity contribution is 5.72. The molecule has 0 bridgehead atoms. The van der Waals surface area contributed by atoms with Gasteiger partial charge in [0.15, 0.2) is 0 Å². The van der Waals surface area contributed by atoms with Crippen molar-refractivity contribution in [2.75, 3.05) is 19.8 Å². The molecule has 88 valence electrons. The van der Waals surface area contributed by atoms with Crippen LogP contribution < -0.4 is 5.32 Å². The van der Waals surface area contributed by atoms with Crippen LogP contribution in [0.2, 0.25) is 0 Å². The molecule has 0 saturated heterocycles. The van der Waals surface area contributed by atoms with Gasteiger partial charge in [0, 0.05) is 12.6 Å². The van der Waals surface area contributed by atoms with Crippen LogP contribution in [-0.4, -0.2) is 36.9 Å². The number of hydrogen-bond acceptors (Lipinski definition) is 4. The van der Waals surface area contributed by atoms with Crippen LogP contribution in [-0.2, 0) is 9.53 Å². The molecule has 0 atom stereocenters. The van der Waals surface area contributed by atoms with E-state index in [0.29, 0.717) is 19.2 Å². The van der Waals surface area contributed by atoms with Gasteiger partial charge in [-0.25, -0.2) is 0 Å². The Kier molecular flexibility index (Phi) is 5.65. The second-order valence-electron chi connectivity index (χ2n) is 3.98. The SMILES string of the molecule is CCOC(=O)C1CCC(NCCO)CC1. The number of carbonyl (C=O) groups is 1. The molecule has 4 heteroatoms. The molecule has 1 saturated carbocycles. The van der Waals surface area contributed by atoms with Crippen LogP contribution in [0.25, 0.3) is 0 Å². The number of ether oxygens (including phenoxy) is 1. The fourth-order valence-corrected chi connectivity index (χ4v) is 2.06. The standard InChI is InChI=1S/C11H21NO3/c1-2-15-11(14)9-3-5-10(6-4-9)12-7-8-13/h9-10,12-13H,2-8H2,1H3. The van der Waals surface area contributed by atoms with E-state index < -0.39 is 0 Å². The molecule has 1 fully saturated rings. The summed E-state index contributed by atoms with van der Waals surface area (Å²) in [4.78, 5) is 11.4. The molecule has 0 unspecified atom stereocenters. The summed E-state index contributed by atoms with van der Waals surface area (Å²) >= 11 is 0. The lowest BCUT2D eigenvalue weighted by atomic mass is 9.86. The number of aliphatic hydroxyl groups excluding tert-OH is 1. The highest BCUT2D eigenvalue weighted by Crippen LogP contribution is 2.25. The molecule has 1 rings (SSSR count). The third-order valence-corrected chi connectivity index (χ3v) is 2.89. The van der Waals surface area contributed by atoms with Gasteiger partial charge in [-0.3, -0.25) is 4.79 Å². The Labute approximate surface area is 91.0 Å². The first kappa shape index (κ1) is 12.5. The van der Waals surface area contributed by atoms with Gasteiger partial charge in [-0.05, 0) is 32.6 Å². The van der Waals surface area contributed by atoms with Gasteiger partial charge >= 0.3 is 5.97 Å². The van der Waals surface area contributed by atoms with Crippen LogP contribution in [0.1, 0.15) is 32.6 Å². The van der Waals surface area contributed by atoms with E-state index in [1.165, 1.54) is 0 Å². The highest BCUT2D eigenvalue weighted by Gasteiger charge is 2.26. The molecular formula is C11H21NO3. The molecule has 2 N–H and O–H groups in total. The summed E-state index contributed by atoms with van der Waals surface area (Å²) in [6, 6.07) is 0.461. The Morgan fingerprint density at radius 2 is 2.07 bits per heavy atom. The van der Waals surface area contributed by atoms with E-state index in [4.69, 9.17) is 9.84 Å². The third kappa shape index (κ3) is 4.18. The maximum Gasteiger partial charge on any atom is 0.308 e. The first-order valence-electron chi connectivity index (χ1n) is 5.78.